The molecule has 7 heteroatoms. The second-order valence-corrected chi connectivity index (χ2v) is 8.20. The Kier molecular flexibility index (Phi) is 6.82. The van der Waals surface area contributed by atoms with Crippen molar-refractivity contribution in [3.8, 4) is 17.2 Å². The zero-order chi connectivity index (χ0) is 20.8. The standard InChI is InChI=1S/C22H24N2O4S/c1-15-4-6-17(7-5-15)12-23-21(25)14-29(26)13-20-16(2)28-22(24-20)18-8-10-19(27-3)11-9-18/h4-11H,12-14H2,1-3H3,(H,23,25)/t29-/m0/s1. The van der Waals surface area contributed by atoms with Gasteiger partial charge < -0.3 is 14.5 Å². The van der Waals surface area contributed by atoms with Gasteiger partial charge in [0.2, 0.25) is 11.8 Å². The summed E-state index contributed by atoms with van der Waals surface area (Å²) < 4.78 is 23.3. The van der Waals surface area contributed by atoms with Crippen LogP contribution < -0.4 is 10.1 Å². The molecule has 0 saturated carbocycles. The predicted molar refractivity (Wildman–Crippen MR) is 113 cm³/mol. The van der Waals surface area contributed by atoms with Gasteiger partial charge in [0, 0.05) is 22.9 Å². The van der Waals surface area contributed by atoms with Crippen LogP contribution in [0.25, 0.3) is 11.5 Å². The molecule has 0 saturated heterocycles. The van der Waals surface area contributed by atoms with Gasteiger partial charge in [-0.05, 0) is 43.7 Å². The highest BCUT2D eigenvalue weighted by atomic mass is 32.2. The lowest BCUT2D eigenvalue weighted by Gasteiger charge is -2.05. The van der Waals surface area contributed by atoms with Crippen LogP contribution in [0.1, 0.15) is 22.6 Å². The van der Waals surface area contributed by atoms with E-state index in [2.05, 4.69) is 10.3 Å². The number of methoxy groups -OCH3 is 1. The summed E-state index contributed by atoms with van der Waals surface area (Å²) in [5, 5.41) is 2.80. The SMILES string of the molecule is COc1ccc(-c2nc(C[S@](=O)CC(=O)NCc3ccc(C)cc3)c(C)o2)cc1. The summed E-state index contributed by atoms with van der Waals surface area (Å²) >= 11 is 0. The molecule has 0 aliphatic carbocycles. The van der Waals surface area contributed by atoms with E-state index in [0.717, 1.165) is 22.4 Å². The van der Waals surface area contributed by atoms with E-state index < -0.39 is 10.8 Å². The molecule has 152 valence electrons. The van der Waals surface area contributed by atoms with Crippen LogP contribution in [0.15, 0.2) is 52.9 Å². The van der Waals surface area contributed by atoms with Crippen LogP contribution in [0, 0.1) is 13.8 Å². The van der Waals surface area contributed by atoms with Crippen LogP contribution >= 0.6 is 0 Å². The quantitative estimate of drug-likeness (QED) is 0.612. The first-order chi connectivity index (χ1) is 13.9. The number of nitrogens with zero attached hydrogens (tertiary/aromatic N) is 1. The number of ether oxygens (including phenoxy) is 1. The molecule has 1 heterocycles. The Bertz CT molecular complexity index is 995. The maximum absolute atomic E-state index is 12.4. The molecule has 2 aromatic carbocycles. The molecule has 0 fully saturated rings. The van der Waals surface area contributed by atoms with Crippen molar-refractivity contribution in [1.29, 1.82) is 0 Å². The van der Waals surface area contributed by atoms with Gasteiger partial charge in [-0.25, -0.2) is 4.98 Å². The number of hydrogen-bond acceptors (Lipinski definition) is 5. The molecule has 6 nitrogen and oxygen atoms in total. The van der Waals surface area contributed by atoms with Crippen LogP contribution in [0.3, 0.4) is 0 Å². The van der Waals surface area contributed by atoms with Crippen LogP contribution in [0.2, 0.25) is 0 Å². The lowest BCUT2D eigenvalue weighted by molar-refractivity contribution is -0.118. The van der Waals surface area contributed by atoms with E-state index in [-0.39, 0.29) is 17.4 Å². The Labute approximate surface area is 172 Å². The molecule has 1 amide bonds. The highest BCUT2D eigenvalue weighted by Gasteiger charge is 2.16. The fourth-order valence-electron chi connectivity index (χ4n) is 2.73. The molecule has 29 heavy (non-hydrogen) atoms. The van der Waals surface area contributed by atoms with Gasteiger partial charge in [-0.3, -0.25) is 9.00 Å². The number of benzene rings is 2. The zero-order valence-corrected chi connectivity index (χ0v) is 17.5. The molecule has 0 spiro atoms. The zero-order valence-electron chi connectivity index (χ0n) is 16.7. The maximum atomic E-state index is 12.4. The Hall–Kier alpha value is -2.93. The summed E-state index contributed by atoms with van der Waals surface area (Å²) in [7, 11) is 0.230. The van der Waals surface area contributed by atoms with Crippen molar-refractivity contribution in [2.24, 2.45) is 0 Å². The van der Waals surface area contributed by atoms with Gasteiger partial charge in [-0.1, -0.05) is 29.8 Å². The number of aryl methyl sites for hydroxylation is 2. The molecule has 1 aromatic heterocycles. The van der Waals surface area contributed by atoms with Gasteiger partial charge >= 0.3 is 0 Å². The summed E-state index contributed by atoms with van der Waals surface area (Å²) in [6, 6.07) is 15.3. The van der Waals surface area contributed by atoms with E-state index in [4.69, 9.17) is 9.15 Å². The van der Waals surface area contributed by atoms with Crippen LogP contribution in [-0.4, -0.2) is 28.0 Å². The second kappa shape index (κ2) is 9.52. The summed E-state index contributed by atoms with van der Waals surface area (Å²) in [6.45, 7) is 4.21. The van der Waals surface area contributed by atoms with Gasteiger partial charge in [0.15, 0.2) is 0 Å². The van der Waals surface area contributed by atoms with Crippen LogP contribution in [-0.2, 0) is 27.9 Å². The monoisotopic (exact) mass is 412 g/mol. The summed E-state index contributed by atoms with van der Waals surface area (Å²) in [5.74, 6) is 1.65. The van der Waals surface area contributed by atoms with Crippen molar-refractivity contribution >= 4 is 16.7 Å². The smallest absolute Gasteiger partial charge is 0.232 e. The fraction of sp³-hybridized carbons (Fsp3) is 0.273. The summed E-state index contributed by atoms with van der Waals surface area (Å²) in [6.07, 6.45) is 0. The number of amides is 1. The normalized spacial score (nSPS) is 11.8. The number of aromatic nitrogens is 1. The minimum Gasteiger partial charge on any atom is -0.497 e. The molecule has 0 radical (unpaired) electrons. The molecule has 3 aromatic rings. The van der Waals surface area contributed by atoms with E-state index in [9.17, 15) is 9.00 Å². The topological polar surface area (TPSA) is 81.4 Å². The third kappa shape index (κ3) is 5.77. The Balaban J connectivity index is 1.55. The van der Waals surface area contributed by atoms with Gasteiger partial charge in [-0.15, -0.1) is 0 Å². The minimum absolute atomic E-state index is 0.0734. The number of oxazole rings is 1. The van der Waals surface area contributed by atoms with Gasteiger partial charge in [0.25, 0.3) is 0 Å². The van der Waals surface area contributed by atoms with Gasteiger partial charge in [-0.2, -0.15) is 0 Å². The van der Waals surface area contributed by atoms with E-state index in [0.29, 0.717) is 23.9 Å². The minimum atomic E-state index is -1.38. The number of hydrogen-bond donors (Lipinski definition) is 1. The summed E-state index contributed by atoms with van der Waals surface area (Å²) in [4.78, 5) is 16.5. The van der Waals surface area contributed by atoms with Crippen molar-refractivity contribution in [1.82, 2.24) is 10.3 Å². The first-order valence-electron chi connectivity index (χ1n) is 9.22. The van der Waals surface area contributed by atoms with Crippen LogP contribution in [0.4, 0.5) is 0 Å². The molecular weight excluding hydrogens is 388 g/mol. The highest BCUT2D eigenvalue weighted by Crippen LogP contribution is 2.24. The van der Waals surface area contributed by atoms with Crippen molar-refractivity contribution in [2.45, 2.75) is 26.1 Å². The van der Waals surface area contributed by atoms with Crippen molar-refractivity contribution in [2.75, 3.05) is 12.9 Å². The Morgan fingerprint density at radius 3 is 2.45 bits per heavy atom. The number of carbonyl (C=O) groups excluding carboxylic acids is 1. The van der Waals surface area contributed by atoms with E-state index in [1.54, 1.807) is 14.0 Å². The summed E-state index contributed by atoms with van der Waals surface area (Å²) in [5.41, 5.74) is 3.58. The first-order valence-corrected chi connectivity index (χ1v) is 10.7. The van der Waals surface area contributed by atoms with Gasteiger partial charge in [0.05, 0.1) is 18.6 Å². The predicted octanol–water partition coefficient (Wildman–Crippen LogP) is 3.53. The third-order valence-electron chi connectivity index (χ3n) is 4.43. The molecule has 0 bridgehead atoms. The molecule has 0 aliphatic rings. The average molecular weight is 413 g/mol. The number of rotatable bonds is 8. The third-order valence-corrected chi connectivity index (χ3v) is 5.61. The van der Waals surface area contributed by atoms with Crippen molar-refractivity contribution in [3.05, 3.63) is 71.1 Å². The molecule has 0 aliphatic heterocycles. The number of carbonyl (C=O) groups is 1. The average Bonchev–Trinajstić information content (AvgIpc) is 3.07. The second-order valence-electron chi connectivity index (χ2n) is 6.74. The Morgan fingerprint density at radius 1 is 1.10 bits per heavy atom. The van der Waals surface area contributed by atoms with Crippen molar-refractivity contribution < 1.29 is 18.2 Å². The Morgan fingerprint density at radius 2 is 1.79 bits per heavy atom. The maximum Gasteiger partial charge on any atom is 0.232 e. The first kappa shape index (κ1) is 20.8. The van der Waals surface area contributed by atoms with E-state index in [1.807, 2.05) is 55.5 Å². The van der Waals surface area contributed by atoms with Crippen molar-refractivity contribution in [3.63, 3.8) is 0 Å². The fourth-order valence-corrected chi connectivity index (χ4v) is 3.80. The van der Waals surface area contributed by atoms with E-state index >= 15 is 0 Å². The molecule has 1 N–H and O–H groups in total. The largest absolute Gasteiger partial charge is 0.497 e. The molecule has 1 atom stereocenters. The lowest BCUT2D eigenvalue weighted by atomic mass is 10.1. The molecule has 3 rings (SSSR count). The van der Waals surface area contributed by atoms with Crippen LogP contribution in [0.5, 0.6) is 5.75 Å². The van der Waals surface area contributed by atoms with Gasteiger partial charge in [0.1, 0.15) is 17.3 Å². The highest BCUT2D eigenvalue weighted by molar-refractivity contribution is 7.84. The molecular formula is C22H24N2O4S. The number of nitrogens with one attached hydrogen (secondary N) is 1. The molecule has 0 unspecified atom stereocenters. The van der Waals surface area contributed by atoms with E-state index in [1.165, 1.54) is 0 Å². The lowest BCUT2D eigenvalue weighted by Crippen LogP contribution is -2.28.